The van der Waals surface area contributed by atoms with E-state index in [1.54, 1.807) is 0 Å². The van der Waals surface area contributed by atoms with Crippen LogP contribution in [0.5, 0.6) is 0 Å². The molecule has 4 heterocycles. The summed E-state index contributed by atoms with van der Waals surface area (Å²) >= 11 is 0. The Balaban J connectivity index is 0.000000383. The van der Waals surface area contributed by atoms with Gasteiger partial charge in [0, 0.05) is 50.2 Å². The Labute approximate surface area is 190 Å². The number of aliphatic carboxylic acids is 1. The number of carbonyl (C=O) groups is 2. The number of carboxylic acids is 1. The number of alkyl halides is 3. The normalized spacial score (nSPS) is 18.2. The summed E-state index contributed by atoms with van der Waals surface area (Å²) in [4.78, 5) is 30.1. The van der Waals surface area contributed by atoms with Gasteiger partial charge in [-0.05, 0) is 51.4 Å². The Hall–Kier alpha value is -2.95. The zero-order valence-electron chi connectivity index (χ0n) is 18.8. The summed E-state index contributed by atoms with van der Waals surface area (Å²) in [5.41, 5.74) is 3.07. The molecule has 2 aliphatic rings. The van der Waals surface area contributed by atoms with Gasteiger partial charge in [0.15, 0.2) is 0 Å². The highest BCUT2D eigenvalue weighted by atomic mass is 19.4. The fraction of sp³-hybridized carbons (Fsp3) is 0.545. The molecule has 8 nitrogen and oxygen atoms in total. The van der Waals surface area contributed by atoms with Crippen LogP contribution >= 0.6 is 0 Å². The number of amides is 1. The van der Waals surface area contributed by atoms with Crippen LogP contribution in [0.4, 0.5) is 13.2 Å². The van der Waals surface area contributed by atoms with Gasteiger partial charge < -0.3 is 10.0 Å². The zero-order valence-corrected chi connectivity index (χ0v) is 18.8. The first kappa shape index (κ1) is 24.7. The van der Waals surface area contributed by atoms with Gasteiger partial charge in [0.1, 0.15) is 0 Å². The largest absolute Gasteiger partial charge is 0.490 e. The maximum Gasteiger partial charge on any atom is 0.490 e. The van der Waals surface area contributed by atoms with E-state index in [0.717, 1.165) is 50.3 Å². The maximum atomic E-state index is 12.6. The van der Waals surface area contributed by atoms with E-state index < -0.39 is 12.1 Å². The number of likely N-dealkylation sites (tertiary alicyclic amines) is 1. The highest BCUT2D eigenvalue weighted by Gasteiger charge is 2.46. The number of hydrogen-bond acceptors (Lipinski definition) is 5. The standard InChI is InChI=1S/C20H27N5O.C2HF3O2/c1-15(2)25-13-17-18(22-25)20(14-23(3)19(17)26)6-9-24(10-7-20)12-16-5-4-8-21-11-16;3-2(4,5)1(6)7/h4-5,8,11,13,15H,6-7,9-10,12,14H2,1-3H3;(H,6,7). The van der Waals surface area contributed by atoms with Crippen LogP contribution in [0.2, 0.25) is 0 Å². The highest BCUT2D eigenvalue weighted by Crippen LogP contribution is 2.41. The van der Waals surface area contributed by atoms with Crippen LogP contribution in [0.3, 0.4) is 0 Å². The zero-order chi connectivity index (χ0) is 24.4. The Morgan fingerprint density at radius 1 is 1.27 bits per heavy atom. The molecule has 2 aromatic heterocycles. The summed E-state index contributed by atoms with van der Waals surface area (Å²) in [7, 11) is 1.92. The topological polar surface area (TPSA) is 91.6 Å². The molecule has 1 N–H and O–H groups in total. The van der Waals surface area contributed by atoms with Crippen molar-refractivity contribution in [2.75, 3.05) is 26.7 Å². The molecule has 0 aromatic carbocycles. The number of carbonyl (C=O) groups excluding carboxylic acids is 1. The average Bonchev–Trinajstić information content (AvgIpc) is 3.22. The van der Waals surface area contributed by atoms with Gasteiger partial charge in [0.25, 0.3) is 5.91 Å². The molecular formula is C22H28F3N5O3. The lowest BCUT2D eigenvalue weighted by molar-refractivity contribution is -0.192. The van der Waals surface area contributed by atoms with Gasteiger partial charge in [-0.15, -0.1) is 0 Å². The van der Waals surface area contributed by atoms with Gasteiger partial charge in [-0.2, -0.15) is 18.3 Å². The minimum Gasteiger partial charge on any atom is -0.475 e. The third-order valence-electron chi connectivity index (χ3n) is 6.06. The molecule has 0 unspecified atom stereocenters. The van der Waals surface area contributed by atoms with Crippen molar-refractivity contribution in [1.29, 1.82) is 0 Å². The van der Waals surface area contributed by atoms with Crippen molar-refractivity contribution in [3.05, 3.63) is 47.5 Å². The number of carboxylic acid groups (broad SMARTS) is 1. The Bertz CT molecular complexity index is 983. The molecule has 2 aromatic rings. The summed E-state index contributed by atoms with van der Waals surface area (Å²) in [5, 5.41) is 12.0. The van der Waals surface area contributed by atoms with Crippen LogP contribution < -0.4 is 0 Å². The van der Waals surface area contributed by atoms with Gasteiger partial charge in [0.05, 0.1) is 11.3 Å². The molecule has 4 rings (SSSR count). The first-order valence-corrected chi connectivity index (χ1v) is 10.7. The molecule has 0 saturated carbocycles. The molecule has 0 radical (unpaired) electrons. The maximum absolute atomic E-state index is 12.6. The minimum absolute atomic E-state index is 0.0103. The lowest BCUT2D eigenvalue weighted by atomic mass is 9.72. The second-order valence-corrected chi connectivity index (χ2v) is 8.85. The van der Waals surface area contributed by atoms with Gasteiger partial charge in [-0.1, -0.05) is 6.07 Å². The molecule has 33 heavy (non-hydrogen) atoms. The van der Waals surface area contributed by atoms with E-state index in [-0.39, 0.29) is 17.4 Å². The molecule has 180 valence electrons. The third kappa shape index (κ3) is 5.52. The average molecular weight is 467 g/mol. The smallest absolute Gasteiger partial charge is 0.475 e. The van der Waals surface area contributed by atoms with Crippen molar-refractivity contribution in [3.8, 4) is 0 Å². The predicted octanol–water partition coefficient (Wildman–Crippen LogP) is 3.11. The van der Waals surface area contributed by atoms with Crippen LogP contribution in [0, 0.1) is 0 Å². The van der Waals surface area contributed by atoms with Gasteiger partial charge in [0.2, 0.25) is 0 Å². The number of halogens is 3. The van der Waals surface area contributed by atoms with Crippen molar-refractivity contribution in [2.24, 2.45) is 0 Å². The van der Waals surface area contributed by atoms with Gasteiger partial charge >= 0.3 is 12.1 Å². The SMILES string of the molecule is CC(C)n1cc2c(n1)C1(CCN(Cc3cccnc3)CC1)CN(C)C2=O.O=C(O)C(F)(F)F. The van der Waals surface area contributed by atoms with E-state index in [0.29, 0.717) is 0 Å². The van der Waals surface area contributed by atoms with Crippen molar-refractivity contribution < 1.29 is 27.9 Å². The second kappa shape index (κ2) is 9.50. The van der Waals surface area contributed by atoms with E-state index in [1.165, 1.54) is 5.56 Å². The fourth-order valence-corrected chi connectivity index (χ4v) is 4.29. The first-order valence-electron chi connectivity index (χ1n) is 10.7. The third-order valence-corrected chi connectivity index (χ3v) is 6.06. The minimum atomic E-state index is -5.08. The number of fused-ring (bicyclic) bond motifs is 2. The number of pyridine rings is 1. The van der Waals surface area contributed by atoms with Crippen molar-refractivity contribution in [1.82, 2.24) is 24.6 Å². The number of hydrogen-bond donors (Lipinski definition) is 1. The number of nitrogens with zero attached hydrogens (tertiary/aromatic N) is 5. The fourth-order valence-electron chi connectivity index (χ4n) is 4.29. The van der Waals surface area contributed by atoms with Gasteiger partial charge in [-0.3, -0.25) is 19.4 Å². The van der Waals surface area contributed by atoms with Crippen molar-refractivity contribution >= 4 is 11.9 Å². The molecule has 1 spiro atoms. The number of likely N-dealkylation sites (N-methyl/N-ethyl adjacent to an activating group) is 1. The molecule has 2 aliphatic heterocycles. The van der Waals surface area contributed by atoms with Crippen molar-refractivity contribution in [3.63, 3.8) is 0 Å². The highest BCUT2D eigenvalue weighted by molar-refractivity contribution is 5.96. The summed E-state index contributed by atoms with van der Waals surface area (Å²) < 4.78 is 33.7. The predicted molar refractivity (Wildman–Crippen MR) is 114 cm³/mol. The Morgan fingerprint density at radius 3 is 2.42 bits per heavy atom. The summed E-state index contributed by atoms with van der Waals surface area (Å²) in [6.45, 7) is 7.96. The van der Waals surface area contributed by atoms with Gasteiger partial charge in [-0.25, -0.2) is 4.79 Å². The Kier molecular flexibility index (Phi) is 7.11. The van der Waals surface area contributed by atoms with Crippen LogP contribution in [0.15, 0.2) is 30.7 Å². The van der Waals surface area contributed by atoms with Crippen LogP contribution in [0.25, 0.3) is 0 Å². The van der Waals surface area contributed by atoms with Crippen LogP contribution in [-0.4, -0.2) is 74.4 Å². The lowest BCUT2D eigenvalue weighted by Gasteiger charge is -2.45. The van der Waals surface area contributed by atoms with Crippen LogP contribution in [0.1, 0.15) is 54.3 Å². The molecule has 1 fully saturated rings. The number of aromatic nitrogens is 3. The van der Waals surface area contributed by atoms with Crippen LogP contribution in [-0.2, 0) is 16.8 Å². The summed E-state index contributed by atoms with van der Waals surface area (Å²) in [5.74, 6) is -2.65. The summed E-state index contributed by atoms with van der Waals surface area (Å²) in [6.07, 6.45) is 2.69. The molecular weight excluding hydrogens is 439 g/mol. The second-order valence-electron chi connectivity index (χ2n) is 8.85. The molecule has 1 saturated heterocycles. The Morgan fingerprint density at radius 2 is 1.91 bits per heavy atom. The van der Waals surface area contributed by atoms with E-state index in [9.17, 15) is 18.0 Å². The lowest BCUT2D eigenvalue weighted by Crippen LogP contribution is -2.53. The number of piperidine rings is 1. The van der Waals surface area contributed by atoms with E-state index in [4.69, 9.17) is 15.0 Å². The first-order chi connectivity index (χ1) is 15.4. The van der Waals surface area contributed by atoms with E-state index in [2.05, 4.69) is 29.8 Å². The molecule has 1 amide bonds. The number of rotatable bonds is 3. The van der Waals surface area contributed by atoms with Crippen molar-refractivity contribution in [2.45, 2.75) is 50.9 Å². The monoisotopic (exact) mass is 467 g/mol. The van der Waals surface area contributed by atoms with E-state index in [1.807, 2.05) is 41.3 Å². The molecule has 0 bridgehead atoms. The van der Waals surface area contributed by atoms with E-state index >= 15 is 0 Å². The molecule has 11 heteroatoms. The molecule has 0 aliphatic carbocycles. The quantitative estimate of drug-likeness (QED) is 0.746. The molecule has 0 atom stereocenters. The summed E-state index contributed by atoms with van der Waals surface area (Å²) in [6, 6.07) is 4.39.